The first kappa shape index (κ1) is 12.5. The lowest BCUT2D eigenvalue weighted by molar-refractivity contribution is 0.947. The minimum Gasteiger partial charge on any atom is -0.397 e. The first-order valence-corrected chi connectivity index (χ1v) is 6.43. The minimum atomic E-state index is 0.680. The summed E-state index contributed by atoms with van der Waals surface area (Å²) >= 11 is 0. The highest BCUT2D eigenvalue weighted by molar-refractivity contribution is 5.81. The number of nitrogens with two attached hydrogens (primary N) is 1. The Morgan fingerprint density at radius 3 is 2.75 bits per heavy atom. The van der Waals surface area contributed by atoms with Crippen LogP contribution in [0.15, 0.2) is 36.8 Å². The van der Waals surface area contributed by atoms with E-state index in [1.165, 1.54) is 0 Å². The SMILES string of the molecule is Cc1cc(N)cnc1N(C)c1ccc2c(c1)ncn2C. The van der Waals surface area contributed by atoms with Crippen molar-refractivity contribution in [2.24, 2.45) is 7.05 Å². The van der Waals surface area contributed by atoms with Gasteiger partial charge in [-0.2, -0.15) is 0 Å². The van der Waals surface area contributed by atoms with Crippen LogP contribution >= 0.6 is 0 Å². The highest BCUT2D eigenvalue weighted by Gasteiger charge is 2.10. The lowest BCUT2D eigenvalue weighted by Crippen LogP contribution is -2.13. The summed E-state index contributed by atoms with van der Waals surface area (Å²) in [6.07, 6.45) is 3.50. The third-order valence-corrected chi connectivity index (χ3v) is 3.49. The van der Waals surface area contributed by atoms with Crippen molar-refractivity contribution in [3.8, 4) is 0 Å². The lowest BCUT2D eigenvalue weighted by atomic mass is 10.2. The lowest BCUT2D eigenvalue weighted by Gasteiger charge is -2.20. The van der Waals surface area contributed by atoms with E-state index in [-0.39, 0.29) is 0 Å². The molecule has 0 spiro atoms. The van der Waals surface area contributed by atoms with Gasteiger partial charge >= 0.3 is 0 Å². The second-order valence-corrected chi connectivity index (χ2v) is 5.00. The number of imidazole rings is 1. The largest absolute Gasteiger partial charge is 0.397 e. The van der Waals surface area contributed by atoms with E-state index in [1.807, 2.05) is 42.9 Å². The summed E-state index contributed by atoms with van der Waals surface area (Å²) in [5.41, 5.74) is 10.6. The molecule has 2 aromatic heterocycles. The molecule has 20 heavy (non-hydrogen) atoms. The van der Waals surface area contributed by atoms with Crippen LogP contribution in [0.2, 0.25) is 0 Å². The van der Waals surface area contributed by atoms with Crippen LogP contribution < -0.4 is 10.6 Å². The van der Waals surface area contributed by atoms with Gasteiger partial charge in [-0.1, -0.05) is 0 Å². The Morgan fingerprint density at radius 2 is 2.00 bits per heavy atom. The molecule has 0 saturated heterocycles. The van der Waals surface area contributed by atoms with Crippen molar-refractivity contribution >= 4 is 28.2 Å². The number of fused-ring (bicyclic) bond motifs is 1. The van der Waals surface area contributed by atoms with E-state index in [2.05, 4.69) is 28.2 Å². The van der Waals surface area contributed by atoms with E-state index in [1.54, 1.807) is 6.20 Å². The van der Waals surface area contributed by atoms with Crippen molar-refractivity contribution in [3.63, 3.8) is 0 Å². The maximum atomic E-state index is 5.75. The first-order valence-electron chi connectivity index (χ1n) is 6.43. The third-order valence-electron chi connectivity index (χ3n) is 3.49. The summed E-state index contributed by atoms with van der Waals surface area (Å²) in [6.45, 7) is 2.01. The summed E-state index contributed by atoms with van der Waals surface area (Å²) < 4.78 is 2.01. The Kier molecular flexibility index (Phi) is 2.82. The van der Waals surface area contributed by atoms with E-state index >= 15 is 0 Å². The predicted molar refractivity (Wildman–Crippen MR) is 82.2 cm³/mol. The predicted octanol–water partition coefficient (Wildman–Crippen LogP) is 2.63. The van der Waals surface area contributed by atoms with E-state index < -0.39 is 0 Å². The Labute approximate surface area is 117 Å². The molecule has 3 rings (SSSR count). The Morgan fingerprint density at radius 1 is 1.20 bits per heavy atom. The standard InChI is InChI=1S/C15H17N5/c1-10-6-11(16)8-17-15(10)20(3)12-4-5-14-13(7-12)18-9-19(14)2/h4-9H,16H2,1-3H3. The molecule has 0 aliphatic heterocycles. The highest BCUT2D eigenvalue weighted by Crippen LogP contribution is 2.27. The number of nitrogen functional groups attached to an aromatic ring is 1. The summed E-state index contributed by atoms with van der Waals surface area (Å²) in [5.74, 6) is 0.898. The van der Waals surface area contributed by atoms with Crippen LogP contribution in [0.1, 0.15) is 5.56 Å². The highest BCUT2D eigenvalue weighted by atomic mass is 15.2. The maximum absolute atomic E-state index is 5.75. The van der Waals surface area contributed by atoms with Gasteiger partial charge in [-0.05, 0) is 36.8 Å². The second kappa shape index (κ2) is 4.52. The Hall–Kier alpha value is -2.56. The summed E-state index contributed by atoms with van der Waals surface area (Å²) in [5, 5.41) is 0. The zero-order chi connectivity index (χ0) is 14.3. The Bertz CT molecular complexity index is 775. The summed E-state index contributed by atoms with van der Waals surface area (Å²) in [6, 6.07) is 8.13. The van der Waals surface area contributed by atoms with E-state index in [4.69, 9.17) is 5.73 Å². The molecule has 0 aliphatic carbocycles. The normalized spacial score (nSPS) is 10.9. The van der Waals surface area contributed by atoms with Crippen molar-refractivity contribution in [3.05, 3.63) is 42.4 Å². The topological polar surface area (TPSA) is 60.0 Å². The molecule has 1 aromatic carbocycles. The molecule has 3 aromatic rings. The third kappa shape index (κ3) is 1.97. The number of aryl methyl sites for hydroxylation is 2. The Balaban J connectivity index is 2.05. The molecule has 0 bridgehead atoms. The smallest absolute Gasteiger partial charge is 0.135 e. The van der Waals surface area contributed by atoms with Crippen LogP contribution in [0.4, 0.5) is 17.2 Å². The zero-order valence-corrected chi connectivity index (χ0v) is 11.8. The number of nitrogens with zero attached hydrogens (tertiary/aromatic N) is 4. The van der Waals surface area contributed by atoms with Crippen LogP contribution in [-0.4, -0.2) is 21.6 Å². The molecule has 0 radical (unpaired) electrons. The number of benzene rings is 1. The van der Waals surface area contributed by atoms with Crippen molar-refractivity contribution in [2.75, 3.05) is 17.7 Å². The maximum Gasteiger partial charge on any atom is 0.135 e. The van der Waals surface area contributed by atoms with Gasteiger partial charge in [0, 0.05) is 19.8 Å². The van der Waals surface area contributed by atoms with E-state index in [0.29, 0.717) is 5.69 Å². The van der Waals surface area contributed by atoms with Gasteiger partial charge in [0.1, 0.15) is 5.82 Å². The van der Waals surface area contributed by atoms with Crippen LogP contribution in [0, 0.1) is 6.92 Å². The monoisotopic (exact) mass is 267 g/mol. The number of anilines is 3. The summed E-state index contributed by atoms with van der Waals surface area (Å²) in [7, 11) is 3.99. The van der Waals surface area contributed by atoms with Crippen molar-refractivity contribution < 1.29 is 0 Å². The van der Waals surface area contributed by atoms with Crippen LogP contribution in [0.25, 0.3) is 11.0 Å². The van der Waals surface area contributed by atoms with Crippen molar-refractivity contribution in [2.45, 2.75) is 6.92 Å². The molecule has 0 atom stereocenters. The van der Waals surface area contributed by atoms with Crippen LogP contribution in [-0.2, 0) is 7.05 Å². The first-order chi connectivity index (χ1) is 9.56. The van der Waals surface area contributed by atoms with Gasteiger partial charge in [0.15, 0.2) is 0 Å². The van der Waals surface area contributed by atoms with Gasteiger partial charge in [0.25, 0.3) is 0 Å². The fourth-order valence-electron chi connectivity index (χ4n) is 2.40. The van der Waals surface area contributed by atoms with Crippen molar-refractivity contribution in [1.29, 1.82) is 0 Å². The number of pyridine rings is 1. The van der Waals surface area contributed by atoms with Gasteiger partial charge in [-0.15, -0.1) is 0 Å². The number of hydrogen-bond acceptors (Lipinski definition) is 4. The van der Waals surface area contributed by atoms with Gasteiger partial charge < -0.3 is 15.2 Å². The number of rotatable bonds is 2. The molecular formula is C15H17N5. The van der Waals surface area contributed by atoms with Crippen LogP contribution in [0.5, 0.6) is 0 Å². The molecule has 0 unspecified atom stereocenters. The molecular weight excluding hydrogens is 250 g/mol. The fourth-order valence-corrected chi connectivity index (χ4v) is 2.40. The van der Waals surface area contributed by atoms with E-state index in [0.717, 1.165) is 28.1 Å². The van der Waals surface area contributed by atoms with Gasteiger partial charge in [0.05, 0.1) is 29.2 Å². The van der Waals surface area contributed by atoms with E-state index in [9.17, 15) is 0 Å². The molecule has 0 saturated carbocycles. The quantitative estimate of drug-likeness (QED) is 0.775. The fraction of sp³-hybridized carbons (Fsp3) is 0.200. The molecule has 0 fully saturated rings. The molecule has 2 heterocycles. The average molecular weight is 267 g/mol. The van der Waals surface area contributed by atoms with Crippen molar-refractivity contribution in [1.82, 2.24) is 14.5 Å². The molecule has 102 valence electrons. The molecule has 5 nitrogen and oxygen atoms in total. The number of aromatic nitrogens is 3. The summed E-state index contributed by atoms with van der Waals surface area (Å²) in [4.78, 5) is 10.8. The molecule has 0 amide bonds. The van der Waals surface area contributed by atoms with Gasteiger partial charge in [-0.3, -0.25) is 0 Å². The minimum absolute atomic E-state index is 0.680. The molecule has 5 heteroatoms. The zero-order valence-electron chi connectivity index (χ0n) is 11.8. The number of hydrogen-bond donors (Lipinski definition) is 1. The molecule has 0 aliphatic rings. The second-order valence-electron chi connectivity index (χ2n) is 5.00. The average Bonchev–Trinajstić information content (AvgIpc) is 2.79. The van der Waals surface area contributed by atoms with Crippen LogP contribution in [0.3, 0.4) is 0 Å². The molecule has 2 N–H and O–H groups in total. The van der Waals surface area contributed by atoms with Gasteiger partial charge in [0.2, 0.25) is 0 Å². The van der Waals surface area contributed by atoms with Gasteiger partial charge in [-0.25, -0.2) is 9.97 Å².